The molecule has 3 fully saturated rings. The van der Waals surface area contributed by atoms with Gasteiger partial charge in [-0.15, -0.1) is 0 Å². The summed E-state index contributed by atoms with van der Waals surface area (Å²) in [6.45, 7) is 1.60. The van der Waals surface area contributed by atoms with Crippen LogP contribution in [0, 0.1) is 11.8 Å². The molecule has 1 aliphatic heterocycles. The highest BCUT2D eigenvalue weighted by molar-refractivity contribution is 6.08. The van der Waals surface area contributed by atoms with Gasteiger partial charge in [0.15, 0.2) is 0 Å². The number of aliphatic hydroxyl groups is 1. The molecule has 5 atom stereocenters. The zero-order chi connectivity index (χ0) is 15.9. The topological polar surface area (TPSA) is 86.7 Å². The number of hydrogen-bond donors (Lipinski definition) is 2. The van der Waals surface area contributed by atoms with Crippen molar-refractivity contribution in [3.05, 3.63) is 0 Å². The van der Waals surface area contributed by atoms with Gasteiger partial charge in [-0.05, 0) is 39.0 Å². The van der Waals surface area contributed by atoms with Crippen LogP contribution in [0.2, 0.25) is 0 Å². The molecule has 0 bridgehead atoms. The van der Waals surface area contributed by atoms with Gasteiger partial charge in [0, 0.05) is 0 Å². The number of carbonyl (C=O) groups excluding carboxylic acids is 3. The lowest BCUT2D eigenvalue weighted by Crippen LogP contribution is -2.52. The van der Waals surface area contributed by atoms with Crippen molar-refractivity contribution in [2.45, 2.75) is 70.1 Å². The lowest BCUT2D eigenvalue weighted by atomic mass is 9.81. The van der Waals surface area contributed by atoms with Crippen LogP contribution >= 0.6 is 0 Å². The average molecular weight is 308 g/mol. The van der Waals surface area contributed by atoms with E-state index < -0.39 is 12.1 Å². The molecular weight excluding hydrogens is 284 g/mol. The fourth-order valence-electron chi connectivity index (χ4n) is 4.10. The van der Waals surface area contributed by atoms with Gasteiger partial charge in [-0.3, -0.25) is 19.3 Å². The monoisotopic (exact) mass is 308 g/mol. The zero-order valence-electron chi connectivity index (χ0n) is 13.0. The second kappa shape index (κ2) is 5.99. The molecule has 0 aromatic carbocycles. The van der Waals surface area contributed by atoms with Gasteiger partial charge < -0.3 is 10.4 Å². The number of carbonyl (C=O) groups is 3. The molecule has 0 aromatic heterocycles. The Morgan fingerprint density at radius 3 is 2.18 bits per heavy atom. The maximum absolute atomic E-state index is 12.5. The minimum Gasteiger partial charge on any atom is -0.391 e. The van der Waals surface area contributed by atoms with E-state index in [2.05, 4.69) is 5.32 Å². The van der Waals surface area contributed by atoms with Crippen LogP contribution in [-0.4, -0.2) is 45.9 Å². The molecule has 3 amide bonds. The molecule has 1 saturated heterocycles. The molecule has 1 heterocycles. The number of aliphatic hydroxyl groups excluding tert-OH is 1. The van der Waals surface area contributed by atoms with Crippen LogP contribution in [0.25, 0.3) is 0 Å². The first-order valence-electron chi connectivity index (χ1n) is 8.36. The summed E-state index contributed by atoms with van der Waals surface area (Å²) < 4.78 is 0. The van der Waals surface area contributed by atoms with E-state index in [4.69, 9.17) is 0 Å². The maximum atomic E-state index is 12.5. The summed E-state index contributed by atoms with van der Waals surface area (Å²) in [5.74, 6) is -1.18. The summed E-state index contributed by atoms with van der Waals surface area (Å²) in [5.41, 5.74) is 0. The van der Waals surface area contributed by atoms with Gasteiger partial charge in [0.2, 0.25) is 17.7 Å². The Morgan fingerprint density at radius 2 is 1.68 bits per heavy atom. The van der Waals surface area contributed by atoms with Crippen molar-refractivity contribution in [1.82, 2.24) is 10.2 Å². The minimum atomic E-state index is -0.793. The Balaban J connectivity index is 1.68. The van der Waals surface area contributed by atoms with Crippen LogP contribution in [0.4, 0.5) is 0 Å². The molecule has 3 rings (SSSR count). The van der Waals surface area contributed by atoms with Crippen LogP contribution in [-0.2, 0) is 14.4 Å². The summed E-state index contributed by atoms with van der Waals surface area (Å²) in [7, 11) is 0. The minimum absolute atomic E-state index is 0.190. The van der Waals surface area contributed by atoms with Gasteiger partial charge >= 0.3 is 0 Å². The normalized spacial score (nSPS) is 36.4. The number of nitrogens with zero attached hydrogens (tertiary/aromatic N) is 1. The number of hydrogen-bond acceptors (Lipinski definition) is 4. The van der Waals surface area contributed by atoms with Gasteiger partial charge in [0.1, 0.15) is 6.04 Å². The first kappa shape index (κ1) is 15.5. The van der Waals surface area contributed by atoms with E-state index in [0.29, 0.717) is 6.42 Å². The van der Waals surface area contributed by atoms with Gasteiger partial charge in [0.25, 0.3) is 0 Å². The molecule has 2 saturated carbocycles. The number of likely N-dealkylation sites (tertiary alicyclic amines) is 1. The number of amides is 3. The first-order chi connectivity index (χ1) is 10.5. The van der Waals surface area contributed by atoms with E-state index in [1.54, 1.807) is 6.92 Å². The van der Waals surface area contributed by atoms with Crippen molar-refractivity contribution in [3.63, 3.8) is 0 Å². The smallest absolute Gasteiger partial charge is 0.243 e. The molecule has 2 N–H and O–H groups in total. The number of nitrogens with one attached hydrogen (secondary N) is 1. The van der Waals surface area contributed by atoms with E-state index in [-0.39, 0.29) is 35.6 Å². The molecule has 0 spiro atoms. The van der Waals surface area contributed by atoms with Gasteiger partial charge in [-0.2, -0.15) is 0 Å². The summed E-state index contributed by atoms with van der Waals surface area (Å²) >= 11 is 0. The molecule has 6 nitrogen and oxygen atoms in total. The Morgan fingerprint density at radius 1 is 1.09 bits per heavy atom. The highest BCUT2D eigenvalue weighted by atomic mass is 16.3. The summed E-state index contributed by atoms with van der Waals surface area (Å²) in [4.78, 5) is 38.5. The predicted molar refractivity (Wildman–Crippen MR) is 78.6 cm³/mol. The van der Waals surface area contributed by atoms with Crippen LogP contribution < -0.4 is 5.32 Å². The van der Waals surface area contributed by atoms with Crippen LogP contribution in [0.3, 0.4) is 0 Å². The van der Waals surface area contributed by atoms with Gasteiger partial charge in [-0.1, -0.05) is 12.8 Å². The third kappa shape index (κ3) is 2.53. The van der Waals surface area contributed by atoms with E-state index in [0.717, 1.165) is 43.4 Å². The van der Waals surface area contributed by atoms with E-state index >= 15 is 0 Å². The summed E-state index contributed by atoms with van der Waals surface area (Å²) in [6.07, 6.45) is 5.24. The van der Waals surface area contributed by atoms with E-state index in [9.17, 15) is 19.5 Å². The van der Waals surface area contributed by atoms with Crippen LogP contribution in [0.1, 0.15) is 51.9 Å². The highest BCUT2D eigenvalue weighted by Gasteiger charge is 2.51. The van der Waals surface area contributed by atoms with E-state index in [1.807, 2.05) is 0 Å². The Kier molecular flexibility index (Phi) is 4.21. The first-order valence-corrected chi connectivity index (χ1v) is 8.36. The molecule has 6 heteroatoms. The van der Waals surface area contributed by atoms with Crippen molar-refractivity contribution in [3.8, 4) is 0 Å². The zero-order valence-corrected chi connectivity index (χ0v) is 13.0. The molecule has 3 unspecified atom stereocenters. The number of fused-ring (bicyclic) bond motifs is 1. The Hall–Kier alpha value is -1.43. The quantitative estimate of drug-likeness (QED) is 0.747. The van der Waals surface area contributed by atoms with Crippen LogP contribution in [0.5, 0.6) is 0 Å². The third-order valence-electron chi connectivity index (χ3n) is 5.45. The second-order valence-corrected chi connectivity index (χ2v) is 6.83. The highest BCUT2D eigenvalue weighted by Crippen LogP contribution is 2.38. The van der Waals surface area contributed by atoms with Gasteiger partial charge in [0.05, 0.1) is 24.0 Å². The maximum Gasteiger partial charge on any atom is 0.243 e. The summed E-state index contributed by atoms with van der Waals surface area (Å²) in [6, 6.07) is -1.05. The third-order valence-corrected chi connectivity index (χ3v) is 5.45. The average Bonchev–Trinajstić information content (AvgIpc) is 3.02. The van der Waals surface area contributed by atoms with Crippen molar-refractivity contribution >= 4 is 17.7 Å². The fourth-order valence-corrected chi connectivity index (χ4v) is 4.10. The molecule has 0 aromatic rings. The standard InChI is InChI=1S/C16H24N2O4/c1-9(14(20)17-12-7-4-8-13(12)19)18-15(21)10-5-2-3-6-11(10)16(18)22/h9-13,19H,2-8H2,1H3,(H,17,20)/t9?,10?,11?,12-,13-/m1/s1. The molecule has 22 heavy (non-hydrogen) atoms. The fraction of sp³-hybridized carbons (Fsp3) is 0.812. The molecule has 2 aliphatic carbocycles. The second-order valence-electron chi connectivity index (χ2n) is 6.83. The SMILES string of the molecule is CC(C(=O)N[C@@H]1CCC[C@H]1O)N1C(=O)C2CCCCC2C1=O. The summed E-state index contributed by atoms with van der Waals surface area (Å²) in [5, 5.41) is 12.6. The Labute approximate surface area is 130 Å². The lowest BCUT2D eigenvalue weighted by Gasteiger charge is -2.25. The van der Waals surface area contributed by atoms with E-state index in [1.165, 1.54) is 0 Å². The largest absolute Gasteiger partial charge is 0.391 e. The van der Waals surface area contributed by atoms with Crippen molar-refractivity contribution in [1.29, 1.82) is 0 Å². The van der Waals surface area contributed by atoms with Crippen LogP contribution in [0.15, 0.2) is 0 Å². The Bertz CT molecular complexity index is 469. The number of rotatable bonds is 3. The molecule has 3 aliphatic rings. The molecule has 122 valence electrons. The molecular formula is C16H24N2O4. The predicted octanol–water partition coefficient (Wildman–Crippen LogP) is 0.580. The van der Waals surface area contributed by atoms with Crippen molar-refractivity contribution < 1.29 is 19.5 Å². The lowest BCUT2D eigenvalue weighted by molar-refractivity contribution is -0.147. The van der Waals surface area contributed by atoms with Crippen molar-refractivity contribution in [2.24, 2.45) is 11.8 Å². The van der Waals surface area contributed by atoms with Gasteiger partial charge in [-0.25, -0.2) is 0 Å². The van der Waals surface area contributed by atoms with Crippen molar-refractivity contribution in [2.75, 3.05) is 0 Å². The molecule has 0 radical (unpaired) electrons. The number of imide groups is 1.